The Morgan fingerprint density at radius 2 is 2.08 bits per heavy atom. The summed E-state index contributed by atoms with van der Waals surface area (Å²) in [6, 6.07) is 7.24. The average molecular weight is 350 g/mol. The van der Waals surface area contributed by atoms with Gasteiger partial charge < -0.3 is 25.2 Å². The molecule has 2 amide bonds. The predicted molar refractivity (Wildman–Crippen MR) is 92.5 cm³/mol. The standard InChI is InChI=1S/C18H26N2O5/c1-13(21)20-9-6-14(7-10-20)12-25-16-4-2-3-15(11-16)17(22)5-8-19-18(23)24/h2-4,11,14,17,19,22H,5-10,12H2,1H3,(H,23,24). The van der Waals surface area contributed by atoms with Gasteiger partial charge in [0, 0.05) is 26.6 Å². The number of aliphatic hydroxyl groups is 1. The molecule has 0 aliphatic carbocycles. The van der Waals surface area contributed by atoms with Gasteiger partial charge in [-0.15, -0.1) is 0 Å². The minimum absolute atomic E-state index is 0.124. The maximum Gasteiger partial charge on any atom is 0.404 e. The molecule has 2 rings (SSSR count). The first-order valence-electron chi connectivity index (χ1n) is 8.59. The molecule has 1 heterocycles. The SMILES string of the molecule is CC(=O)N1CCC(COc2cccc(C(O)CCNC(=O)O)c2)CC1. The number of aliphatic hydroxyl groups excluding tert-OH is 1. The number of nitrogens with zero attached hydrogens (tertiary/aromatic N) is 1. The summed E-state index contributed by atoms with van der Waals surface area (Å²) in [6.07, 6.45) is 0.333. The first-order chi connectivity index (χ1) is 12.0. The Kier molecular flexibility index (Phi) is 7.06. The van der Waals surface area contributed by atoms with Crippen LogP contribution in [0.3, 0.4) is 0 Å². The second-order valence-electron chi connectivity index (χ2n) is 6.37. The molecule has 1 fully saturated rings. The van der Waals surface area contributed by atoms with Crippen molar-refractivity contribution in [3.8, 4) is 5.75 Å². The fraction of sp³-hybridized carbons (Fsp3) is 0.556. The van der Waals surface area contributed by atoms with Gasteiger partial charge in [0.25, 0.3) is 0 Å². The Morgan fingerprint density at radius 1 is 1.36 bits per heavy atom. The lowest BCUT2D eigenvalue weighted by atomic mass is 9.98. The average Bonchev–Trinajstić information content (AvgIpc) is 2.60. The fourth-order valence-corrected chi connectivity index (χ4v) is 2.92. The molecule has 0 aromatic heterocycles. The van der Waals surface area contributed by atoms with Crippen molar-refractivity contribution >= 4 is 12.0 Å². The lowest BCUT2D eigenvalue weighted by Crippen LogP contribution is -2.38. The number of rotatable bonds is 7. The molecular formula is C18H26N2O5. The van der Waals surface area contributed by atoms with Crippen molar-refractivity contribution in [1.82, 2.24) is 10.2 Å². The minimum Gasteiger partial charge on any atom is -0.493 e. The van der Waals surface area contributed by atoms with E-state index >= 15 is 0 Å². The molecule has 7 nitrogen and oxygen atoms in total. The minimum atomic E-state index is -1.10. The van der Waals surface area contributed by atoms with Crippen LogP contribution in [0.25, 0.3) is 0 Å². The molecule has 1 aliphatic heterocycles. The van der Waals surface area contributed by atoms with E-state index in [0.717, 1.165) is 25.9 Å². The van der Waals surface area contributed by atoms with E-state index in [9.17, 15) is 14.7 Å². The lowest BCUT2D eigenvalue weighted by molar-refractivity contribution is -0.130. The van der Waals surface area contributed by atoms with Crippen LogP contribution >= 0.6 is 0 Å². The van der Waals surface area contributed by atoms with Gasteiger partial charge in [0.2, 0.25) is 5.91 Å². The molecule has 1 unspecified atom stereocenters. The summed E-state index contributed by atoms with van der Waals surface area (Å²) in [6.45, 7) is 3.93. The van der Waals surface area contributed by atoms with Gasteiger partial charge in [0.1, 0.15) is 5.75 Å². The highest BCUT2D eigenvalue weighted by atomic mass is 16.5. The Morgan fingerprint density at radius 3 is 2.72 bits per heavy atom. The molecule has 7 heteroatoms. The van der Waals surface area contributed by atoms with Gasteiger partial charge in [0.15, 0.2) is 0 Å². The van der Waals surface area contributed by atoms with Gasteiger partial charge in [-0.25, -0.2) is 4.79 Å². The third-order valence-corrected chi connectivity index (χ3v) is 4.48. The largest absolute Gasteiger partial charge is 0.493 e. The first kappa shape index (κ1) is 19.1. The first-order valence-corrected chi connectivity index (χ1v) is 8.59. The summed E-state index contributed by atoms with van der Waals surface area (Å²) < 4.78 is 5.85. The Hall–Kier alpha value is -2.28. The number of carboxylic acid groups (broad SMARTS) is 1. The number of carbonyl (C=O) groups excluding carboxylic acids is 1. The van der Waals surface area contributed by atoms with Gasteiger partial charge >= 0.3 is 6.09 Å². The number of carbonyl (C=O) groups is 2. The van der Waals surface area contributed by atoms with Crippen molar-refractivity contribution in [2.24, 2.45) is 5.92 Å². The molecule has 0 spiro atoms. The number of benzene rings is 1. The van der Waals surface area contributed by atoms with Crippen LogP contribution in [0.2, 0.25) is 0 Å². The van der Waals surface area contributed by atoms with Gasteiger partial charge in [-0.1, -0.05) is 12.1 Å². The summed E-state index contributed by atoms with van der Waals surface area (Å²) in [5, 5.41) is 20.9. The molecule has 1 saturated heterocycles. The summed E-state index contributed by atoms with van der Waals surface area (Å²) in [5.74, 6) is 1.24. The van der Waals surface area contributed by atoms with Gasteiger partial charge in [-0.3, -0.25) is 4.79 Å². The molecule has 1 aliphatic rings. The third-order valence-electron chi connectivity index (χ3n) is 4.48. The monoisotopic (exact) mass is 350 g/mol. The molecule has 25 heavy (non-hydrogen) atoms. The summed E-state index contributed by atoms with van der Waals surface area (Å²) >= 11 is 0. The topological polar surface area (TPSA) is 99.1 Å². The molecule has 0 bridgehead atoms. The van der Waals surface area contributed by atoms with Crippen LogP contribution in [0.5, 0.6) is 5.75 Å². The van der Waals surface area contributed by atoms with E-state index in [1.165, 1.54) is 0 Å². The number of hydrogen-bond donors (Lipinski definition) is 3. The number of hydrogen-bond acceptors (Lipinski definition) is 4. The van der Waals surface area contributed by atoms with E-state index in [1.807, 2.05) is 17.0 Å². The van der Waals surface area contributed by atoms with Gasteiger partial charge in [0.05, 0.1) is 12.7 Å². The molecule has 1 aromatic rings. The molecule has 3 N–H and O–H groups in total. The third kappa shape index (κ3) is 6.26. The molecule has 0 saturated carbocycles. The number of nitrogens with one attached hydrogen (secondary N) is 1. The normalized spacial score (nSPS) is 16.3. The zero-order chi connectivity index (χ0) is 18.2. The maximum atomic E-state index is 11.3. The summed E-state index contributed by atoms with van der Waals surface area (Å²) in [5.41, 5.74) is 0.705. The highest BCUT2D eigenvalue weighted by molar-refractivity contribution is 5.73. The van der Waals surface area contributed by atoms with Crippen LogP contribution in [0.1, 0.15) is 37.9 Å². The molecular weight excluding hydrogens is 324 g/mol. The van der Waals surface area contributed by atoms with Crippen molar-refractivity contribution in [2.75, 3.05) is 26.2 Å². The number of likely N-dealkylation sites (tertiary alicyclic amines) is 1. The van der Waals surface area contributed by atoms with Crippen LogP contribution < -0.4 is 10.1 Å². The molecule has 0 radical (unpaired) electrons. The number of piperidine rings is 1. The van der Waals surface area contributed by atoms with Crippen LogP contribution in [0.15, 0.2) is 24.3 Å². The highest BCUT2D eigenvalue weighted by Crippen LogP contribution is 2.23. The zero-order valence-electron chi connectivity index (χ0n) is 14.5. The summed E-state index contributed by atoms with van der Waals surface area (Å²) in [7, 11) is 0. The van der Waals surface area contributed by atoms with Crippen molar-refractivity contribution in [3.05, 3.63) is 29.8 Å². The van der Waals surface area contributed by atoms with Gasteiger partial charge in [-0.05, 0) is 42.9 Å². The van der Waals surface area contributed by atoms with Gasteiger partial charge in [-0.2, -0.15) is 0 Å². The van der Waals surface area contributed by atoms with Crippen LogP contribution in [-0.4, -0.2) is 53.4 Å². The second kappa shape index (κ2) is 9.27. The smallest absolute Gasteiger partial charge is 0.404 e. The van der Waals surface area contributed by atoms with E-state index in [1.54, 1.807) is 19.1 Å². The van der Waals surface area contributed by atoms with Crippen LogP contribution in [0, 0.1) is 5.92 Å². The predicted octanol–water partition coefficient (Wildman–Crippen LogP) is 2.01. The summed E-state index contributed by atoms with van der Waals surface area (Å²) in [4.78, 5) is 23.6. The molecule has 138 valence electrons. The van der Waals surface area contributed by atoms with E-state index in [2.05, 4.69) is 5.32 Å². The van der Waals surface area contributed by atoms with E-state index in [0.29, 0.717) is 30.3 Å². The van der Waals surface area contributed by atoms with Crippen molar-refractivity contribution in [1.29, 1.82) is 0 Å². The van der Waals surface area contributed by atoms with E-state index in [4.69, 9.17) is 9.84 Å². The van der Waals surface area contributed by atoms with Crippen molar-refractivity contribution < 1.29 is 24.5 Å². The quantitative estimate of drug-likeness (QED) is 0.699. The lowest BCUT2D eigenvalue weighted by Gasteiger charge is -2.31. The van der Waals surface area contributed by atoms with E-state index in [-0.39, 0.29) is 12.5 Å². The van der Waals surface area contributed by atoms with Crippen LogP contribution in [-0.2, 0) is 4.79 Å². The van der Waals surface area contributed by atoms with Crippen molar-refractivity contribution in [2.45, 2.75) is 32.3 Å². The Bertz CT molecular complexity index is 585. The second-order valence-corrected chi connectivity index (χ2v) is 6.37. The maximum absolute atomic E-state index is 11.3. The number of ether oxygens (including phenoxy) is 1. The van der Waals surface area contributed by atoms with E-state index < -0.39 is 12.2 Å². The number of amides is 2. The van der Waals surface area contributed by atoms with Crippen LogP contribution in [0.4, 0.5) is 4.79 Å². The fourth-order valence-electron chi connectivity index (χ4n) is 2.92. The molecule has 1 atom stereocenters. The van der Waals surface area contributed by atoms with Crippen molar-refractivity contribution in [3.63, 3.8) is 0 Å². The Balaban J connectivity index is 1.79. The Labute approximate surface area is 147 Å². The highest BCUT2D eigenvalue weighted by Gasteiger charge is 2.21. The zero-order valence-corrected chi connectivity index (χ0v) is 14.5. The molecule has 1 aromatic carbocycles.